The maximum Gasteiger partial charge on any atom is 0.490 e. The normalized spacial score (nSPS) is 22.9. The van der Waals surface area contributed by atoms with Crippen molar-refractivity contribution in [3.63, 3.8) is 0 Å². The first kappa shape index (κ1) is 23.2. The van der Waals surface area contributed by atoms with Crippen LogP contribution in [0.4, 0.5) is 13.2 Å². The van der Waals surface area contributed by atoms with Crippen LogP contribution < -0.4 is 0 Å². The monoisotopic (exact) mass is 458 g/mol. The van der Waals surface area contributed by atoms with E-state index in [1.165, 1.54) is 0 Å². The second-order valence-electron chi connectivity index (χ2n) is 7.02. The van der Waals surface area contributed by atoms with Gasteiger partial charge < -0.3 is 19.5 Å². The zero-order chi connectivity index (χ0) is 22.4. The molecule has 1 N–H and O–H groups in total. The van der Waals surface area contributed by atoms with Crippen LogP contribution in [0.5, 0.6) is 0 Å². The molecule has 168 valence electrons. The Kier molecular flexibility index (Phi) is 7.63. The highest BCUT2D eigenvalue weighted by Crippen LogP contribution is 2.32. The highest BCUT2D eigenvalue weighted by atomic mass is 32.1. The van der Waals surface area contributed by atoms with Gasteiger partial charge in [0.15, 0.2) is 0 Å². The van der Waals surface area contributed by atoms with E-state index in [1.807, 2.05) is 33.9 Å². The molecule has 4 heterocycles. The van der Waals surface area contributed by atoms with Crippen molar-refractivity contribution in [2.24, 2.45) is 0 Å². The lowest BCUT2D eigenvalue weighted by Crippen LogP contribution is -2.43. The van der Waals surface area contributed by atoms with E-state index in [-0.39, 0.29) is 24.2 Å². The fraction of sp³-hybridized carbons (Fsp3) is 0.450. The Balaban J connectivity index is 0.000000339. The minimum Gasteiger partial charge on any atom is -0.475 e. The Labute approximate surface area is 180 Å². The Morgan fingerprint density at radius 3 is 2.61 bits per heavy atom. The third kappa shape index (κ3) is 6.02. The van der Waals surface area contributed by atoms with Crippen LogP contribution in [0.15, 0.2) is 41.4 Å². The van der Waals surface area contributed by atoms with Crippen LogP contribution in [-0.4, -0.2) is 64.4 Å². The molecule has 7 nitrogen and oxygen atoms in total. The van der Waals surface area contributed by atoms with Gasteiger partial charge in [0.25, 0.3) is 5.91 Å². The Morgan fingerprint density at radius 1 is 1.29 bits per heavy atom. The van der Waals surface area contributed by atoms with Crippen LogP contribution in [0.2, 0.25) is 0 Å². The van der Waals surface area contributed by atoms with Crippen LogP contribution in [-0.2, 0) is 20.9 Å². The van der Waals surface area contributed by atoms with E-state index < -0.39 is 12.1 Å². The number of aromatic nitrogens is 1. The number of carboxylic acid groups (broad SMARTS) is 1. The number of hydrogen-bond donors (Lipinski definition) is 1. The molecule has 0 saturated carbocycles. The zero-order valence-corrected chi connectivity index (χ0v) is 17.1. The van der Waals surface area contributed by atoms with Gasteiger partial charge in [-0.2, -0.15) is 24.5 Å². The summed E-state index contributed by atoms with van der Waals surface area (Å²) in [6.45, 7) is 1.85. The number of carbonyl (C=O) groups excluding carboxylic acids is 1. The lowest BCUT2D eigenvalue weighted by atomic mass is 10.0. The number of thiophene rings is 1. The maximum absolute atomic E-state index is 12.8. The van der Waals surface area contributed by atoms with Gasteiger partial charge in [0, 0.05) is 24.4 Å². The molecule has 0 radical (unpaired) electrons. The fourth-order valence-corrected chi connectivity index (χ4v) is 4.15. The summed E-state index contributed by atoms with van der Waals surface area (Å²) in [4.78, 5) is 27.7. The molecule has 2 aromatic heterocycles. The van der Waals surface area contributed by atoms with E-state index in [9.17, 15) is 18.0 Å². The molecule has 0 aliphatic carbocycles. The minimum atomic E-state index is -5.08. The summed E-state index contributed by atoms with van der Waals surface area (Å²) < 4.78 is 43.8. The van der Waals surface area contributed by atoms with Gasteiger partial charge in [0.1, 0.15) is 12.2 Å². The lowest BCUT2D eigenvalue weighted by molar-refractivity contribution is -0.192. The molecule has 2 aliphatic heterocycles. The van der Waals surface area contributed by atoms with Gasteiger partial charge in [-0.1, -0.05) is 0 Å². The molecular formula is C20H21F3N2O5S. The highest BCUT2D eigenvalue weighted by Gasteiger charge is 2.46. The average molecular weight is 458 g/mol. The number of amides is 1. The average Bonchev–Trinajstić information content (AvgIpc) is 3.41. The van der Waals surface area contributed by atoms with Crippen molar-refractivity contribution in [2.45, 2.75) is 43.9 Å². The lowest BCUT2D eigenvalue weighted by Gasteiger charge is -2.32. The molecule has 2 aromatic rings. The van der Waals surface area contributed by atoms with Crippen molar-refractivity contribution < 1.29 is 37.3 Å². The first-order chi connectivity index (χ1) is 14.8. The Bertz CT molecular complexity index is 863. The molecule has 1 amide bonds. The van der Waals surface area contributed by atoms with Crippen molar-refractivity contribution in [3.05, 3.63) is 52.5 Å². The van der Waals surface area contributed by atoms with Gasteiger partial charge in [-0.3, -0.25) is 9.78 Å². The van der Waals surface area contributed by atoms with Gasteiger partial charge in [0.2, 0.25) is 0 Å². The molecular weight excluding hydrogens is 437 g/mol. The van der Waals surface area contributed by atoms with Crippen LogP contribution >= 0.6 is 11.3 Å². The predicted molar refractivity (Wildman–Crippen MR) is 105 cm³/mol. The smallest absolute Gasteiger partial charge is 0.475 e. The van der Waals surface area contributed by atoms with Crippen molar-refractivity contribution in [3.8, 4) is 0 Å². The number of fused-ring (bicyclic) bond motifs is 1. The molecule has 2 aliphatic rings. The summed E-state index contributed by atoms with van der Waals surface area (Å²) in [7, 11) is 0. The van der Waals surface area contributed by atoms with Crippen molar-refractivity contribution >= 4 is 23.2 Å². The number of nitrogens with zero attached hydrogens (tertiary/aromatic N) is 2. The van der Waals surface area contributed by atoms with E-state index >= 15 is 0 Å². The first-order valence-electron chi connectivity index (χ1n) is 9.52. The van der Waals surface area contributed by atoms with Crippen LogP contribution in [0.3, 0.4) is 0 Å². The van der Waals surface area contributed by atoms with Crippen molar-refractivity contribution in [1.82, 2.24) is 9.88 Å². The summed E-state index contributed by atoms with van der Waals surface area (Å²) >= 11 is 1.55. The summed E-state index contributed by atoms with van der Waals surface area (Å²) in [5, 5.41) is 11.0. The number of aliphatic carboxylic acids is 1. The zero-order valence-electron chi connectivity index (χ0n) is 16.3. The molecule has 2 saturated heterocycles. The Morgan fingerprint density at radius 2 is 2.00 bits per heavy atom. The standard InChI is InChI=1S/C18H20N2O3S.C2HF3O2/c21-18(14-5-9-24-12-14)20-10-16(17-15(20)2-1-8-22-17)23-11-13-3-6-19-7-4-13;3-2(4,5)1(6)7/h3-7,9,12,15-17H,1-2,8,10-11H2;(H,6,7)/t15-,16+,17+;/m0./s1. The molecule has 31 heavy (non-hydrogen) atoms. The van der Waals surface area contributed by atoms with Crippen molar-refractivity contribution in [2.75, 3.05) is 13.2 Å². The highest BCUT2D eigenvalue weighted by molar-refractivity contribution is 7.08. The number of hydrogen-bond acceptors (Lipinski definition) is 6. The molecule has 0 spiro atoms. The number of halogens is 3. The predicted octanol–water partition coefficient (Wildman–Crippen LogP) is 3.37. The summed E-state index contributed by atoms with van der Waals surface area (Å²) in [5.74, 6) is -2.67. The van der Waals surface area contributed by atoms with Gasteiger partial charge in [-0.15, -0.1) is 0 Å². The second kappa shape index (κ2) is 10.2. The van der Waals surface area contributed by atoms with E-state index in [0.29, 0.717) is 13.2 Å². The Hall–Kier alpha value is -2.50. The largest absolute Gasteiger partial charge is 0.490 e. The number of likely N-dealkylation sites (tertiary alicyclic amines) is 1. The maximum atomic E-state index is 12.8. The second-order valence-corrected chi connectivity index (χ2v) is 7.80. The van der Waals surface area contributed by atoms with E-state index in [0.717, 1.165) is 30.6 Å². The van der Waals surface area contributed by atoms with E-state index in [1.54, 1.807) is 23.7 Å². The third-order valence-electron chi connectivity index (χ3n) is 4.96. The van der Waals surface area contributed by atoms with Gasteiger partial charge in [-0.05, 0) is 42.0 Å². The van der Waals surface area contributed by atoms with Crippen LogP contribution in [0.25, 0.3) is 0 Å². The van der Waals surface area contributed by atoms with E-state index in [4.69, 9.17) is 19.4 Å². The molecule has 11 heteroatoms. The number of carboxylic acids is 1. The van der Waals surface area contributed by atoms with E-state index in [2.05, 4.69) is 4.98 Å². The van der Waals surface area contributed by atoms with Crippen molar-refractivity contribution in [1.29, 1.82) is 0 Å². The fourth-order valence-electron chi connectivity index (χ4n) is 3.52. The number of carbonyl (C=O) groups is 2. The van der Waals surface area contributed by atoms with Crippen LogP contribution in [0, 0.1) is 0 Å². The molecule has 3 atom stereocenters. The molecule has 0 aromatic carbocycles. The van der Waals surface area contributed by atoms with Gasteiger partial charge in [-0.25, -0.2) is 4.79 Å². The van der Waals surface area contributed by atoms with Gasteiger partial charge >= 0.3 is 12.1 Å². The van der Waals surface area contributed by atoms with Gasteiger partial charge in [0.05, 0.1) is 24.8 Å². The number of ether oxygens (including phenoxy) is 2. The van der Waals surface area contributed by atoms with Crippen LogP contribution in [0.1, 0.15) is 28.8 Å². The molecule has 0 unspecified atom stereocenters. The topological polar surface area (TPSA) is 89.0 Å². The third-order valence-corrected chi connectivity index (χ3v) is 5.65. The number of rotatable bonds is 4. The SMILES string of the molecule is O=C(O)C(F)(F)F.O=C(c1ccsc1)N1C[C@@H](OCc2ccncc2)[C@@H]2OCCC[C@@H]21. The number of pyridine rings is 1. The first-order valence-corrected chi connectivity index (χ1v) is 10.5. The minimum absolute atomic E-state index is 0.0248. The quantitative estimate of drug-likeness (QED) is 0.756. The molecule has 4 rings (SSSR count). The number of alkyl halides is 3. The summed E-state index contributed by atoms with van der Waals surface area (Å²) in [6.07, 6.45) is 0.315. The molecule has 2 fully saturated rings. The summed E-state index contributed by atoms with van der Waals surface area (Å²) in [5.41, 5.74) is 1.85. The molecule has 0 bridgehead atoms. The summed E-state index contributed by atoms with van der Waals surface area (Å²) in [6, 6.07) is 5.90.